The SMILES string of the molecule is [2H]C([2H])(N)C([2H])(O)c1ccc(O)c(O)c1. The molecule has 0 aliphatic rings. The van der Waals surface area contributed by atoms with Crippen molar-refractivity contribution in [3.8, 4) is 11.5 Å². The lowest BCUT2D eigenvalue weighted by molar-refractivity contribution is 0.186. The minimum Gasteiger partial charge on any atom is -0.504 e. The summed E-state index contributed by atoms with van der Waals surface area (Å²) < 4.78 is 21.5. The van der Waals surface area contributed by atoms with Crippen LogP contribution < -0.4 is 5.73 Å². The number of benzene rings is 1. The summed E-state index contributed by atoms with van der Waals surface area (Å²) in [7, 11) is 0. The first-order valence-corrected chi connectivity index (χ1v) is 3.20. The van der Waals surface area contributed by atoms with Gasteiger partial charge in [-0.05, 0) is 17.7 Å². The normalized spacial score (nSPS) is 20.3. The third-order valence-corrected chi connectivity index (χ3v) is 1.39. The quantitative estimate of drug-likeness (QED) is 0.476. The van der Waals surface area contributed by atoms with Crippen LogP contribution in [0.2, 0.25) is 0 Å². The molecule has 5 N–H and O–H groups in total. The fraction of sp³-hybridized carbons (Fsp3) is 0.250. The van der Waals surface area contributed by atoms with Crippen molar-refractivity contribution in [1.29, 1.82) is 0 Å². The fourth-order valence-corrected chi connectivity index (χ4v) is 0.754. The van der Waals surface area contributed by atoms with Crippen molar-refractivity contribution in [2.24, 2.45) is 5.73 Å². The predicted octanol–water partition coefficient (Wildman–Crippen LogP) is 0.0899. The molecule has 0 aliphatic heterocycles. The molecule has 0 aliphatic carbocycles. The number of aromatic hydroxyl groups is 2. The molecule has 0 heterocycles. The van der Waals surface area contributed by atoms with E-state index in [9.17, 15) is 5.11 Å². The molecule has 0 fully saturated rings. The lowest BCUT2D eigenvalue weighted by atomic mass is 10.1. The lowest BCUT2D eigenvalue weighted by Crippen LogP contribution is -2.11. The van der Waals surface area contributed by atoms with E-state index >= 15 is 0 Å². The molecule has 66 valence electrons. The highest BCUT2D eigenvalue weighted by molar-refractivity contribution is 5.41. The van der Waals surface area contributed by atoms with Gasteiger partial charge in [0.25, 0.3) is 0 Å². The maximum Gasteiger partial charge on any atom is 0.157 e. The topological polar surface area (TPSA) is 86.7 Å². The molecule has 0 spiro atoms. The summed E-state index contributed by atoms with van der Waals surface area (Å²) >= 11 is 0. The number of phenols is 2. The number of rotatable bonds is 2. The molecule has 0 bridgehead atoms. The van der Waals surface area contributed by atoms with Crippen molar-refractivity contribution in [1.82, 2.24) is 0 Å². The van der Waals surface area contributed by atoms with E-state index < -0.39 is 24.1 Å². The Labute approximate surface area is 74.1 Å². The molecule has 1 rings (SSSR count). The molecule has 4 heteroatoms. The monoisotopic (exact) mass is 172 g/mol. The summed E-state index contributed by atoms with van der Waals surface area (Å²) in [6, 6.07) is 3.02. The zero-order valence-electron chi connectivity index (χ0n) is 9.15. The van der Waals surface area contributed by atoms with Crippen molar-refractivity contribution >= 4 is 0 Å². The van der Waals surface area contributed by atoms with Gasteiger partial charge in [-0.3, -0.25) is 0 Å². The van der Waals surface area contributed by atoms with Crippen LogP contribution in [0.1, 0.15) is 15.8 Å². The van der Waals surface area contributed by atoms with Crippen molar-refractivity contribution in [3.05, 3.63) is 23.8 Å². The molecule has 0 saturated heterocycles. The zero-order chi connectivity index (χ0) is 11.9. The highest BCUT2D eigenvalue weighted by Gasteiger charge is 2.07. The number of phenolic OH excluding ortho intramolecular Hbond substituents is 2. The Morgan fingerprint density at radius 2 is 2.17 bits per heavy atom. The summed E-state index contributed by atoms with van der Waals surface area (Å²) in [6.07, 6.45) is -2.70. The van der Waals surface area contributed by atoms with Crippen LogP contribution in [0.15, 0.2) is 18.2 Å². The summed E-state index contributed by atoms with van der Waals surface area (Å²) in [5.41, 5.74) is 4.74. The first kappa shape index (κ1) is 5.40. The van der Waals surface area contributed by atoms with E-state index in [-0.39, 0.29) is 5.56 Å². The maximum absolute atomic E-state index is 9.51. The molecule has 1 aromatic carbocycles. The number of nitrogens with two attached hydrogens (primary N) is 1. The van der Waals surface area contributed by atoms with Gasteiger partial charge in [0.05, 0.1) is 7.45 Å². The van der Waals surface area contributed by atoms with Crippen LogP contribution in [0.4, 0.5) is 0 Å². The summed E-state index contributed by atoms with van der Waals surface area (Å²) in [6.45, 7) is -2.68. The molecule has 1 atom stereocenters. The van der Waals surface area contributed by atoms with Crippen LogP contribution in [0.3, 0.4) is 0 Å². The van der Waals surface area contributed by atoms with E-state index in [0.29, 0.717) is 0 Å². The van der Waals surface area contributed by atoms with Gasteiger partial charge < -0.3 is 21.1 Å². The van der Waals surface area contributed by atoms with Gasteiger partial charge in [0, 0.05) is 9.24 Å². The Morgan fingerprint density at radius 3 is 2.67 bits per heavy atom. The third-order valence-electron chi connectivity index (χ3n) is 1.39. The third kappa shape index (κ3) is 1.66. The van der Waals surface area contributed by atoms with Crippen LogP contribution in [0.5, 0.6) is 11.5 Å². The smallest absolute Gasteiger partial charge is 0.157 e. The maximum atomic E-state index is 9.51. The van der Waals surface area contributed by atoms with E-state index in [4.69, 9.17) is 20.1 Å². The van der Waals surface area contributed by atoms with E-state index in [1.165, 1.54) is 0 Å². The Kier molecular flexibility index (Phi) is 1.54. The largest absolute Gasteiger partial charge is 0.504 e. The van der Waals surface area contributed by atoms with Crippen molar-refractivity contribution in [2.45, 2.75) is 6.08 Å². The molecule has 0 aromatic heterocycles. The Morgan fingerprint density at radius 1 is 1.50 bits per heavy atom. The molecule has 0 saturated carbocycles. The predicted molar refractivity (Wildman–Crippen MR) is 43.8 cm³/mol. The van der Waals surface area contributed by atoms with Gasteiger partial charge >= 0.3 is 0 Å². The number of aliphatic hydroxyl groups is 1. The second-order valence-corrected chi connectivity index (χ2v) is 2.20. The molecule has 1 unspecified atom stereocenters. The van der Waals surface area contributed by atoms with Gasteiger partial charge in [-0.25, -0.2) is 0 Å². The zero-order valence-corrected chi connectivity index (χ0v) is 6.15. The fourth-order valence-electron chi connectivity index (χ4n) is 0.754. The minimum absolute atomic E-state index is 0.245. The molecule has 1 aromatic rings. The van der Waals surface area contributed by atoms with Crippen LogP contribution in [0.25, 0.3) is 0 Å². The van der Waals surface area contributed by atoms with E-state index in [1.807, 2.05) is 0 Å². The summed E-state index contributed by atoms with van der Waals surface area (Å²) in [4.78, 5) is 0. The average Bonchev–Trinajstić information content (AvgIpc) is 2.07. The molecule has 12 heavy (non-hydrogen) atoms. The molecular weight excluding hydrogens is 158 g/mol. The van der Waals surface area contributed by atoms with Crippen LogP contribution in [0, 0.1) is 0 Å². The highest BCUT2D eigenvalue weighted by atomic mass is 16.3. The number of hydrogen-bond acceptors (Lipinski definition) is 4. The molecular formula is C8H11NO3. The van der Waals surface area contributed by atoms with Gasteiger partial charge in [0.2, 0.25) is 0 Å². The van der Waals surface area contributed by atoms with Gasteiger partial charge in [-0.15, -0.1) is 0 Å². The van der Waals surface area contributed by atoms with Crippen LogP contribution in [-0.2, 0) is 0 Å². The van der Waals surface area contributed by atoms with Gasteiger partial charge in [-0.1, -0.05) is 6.07 Å². The Bertz CT molecular complexity index is 376. The first-order valence-electron chi connectivity index (χ1n) is 4.70. The van der Waals surface area contributed by atoms with Crippen molar-refractivity contribution in [3.63, 3.8) is 0 Å². The Hall–Kier alpha value is -1.26. The van der Waals surface area contributed by atoms with Gasteiger partial charge in [-0.2, -0.15) is 0 Å². The Balaban J connectivity index is 3.22. The standard InChI is InChI=1S/C8H11NO3/c9-4-8(12)5-1-2-6(10)7(11)3-5/h1-3,8,10-12H,4,9H2/i4D2,8D. The highest BCUT2D eigenvalue weighted by Crippen LogP contribution is 2.27. The summed E-state index contributed by atoms with van der Waals surface area (Å²) in [5.74, 6) is -0.977. The van der Waals surface area contributed by atoms with Crippen LogP contribution in [-0.4, -0.2) is 21.8 Å². The number of hydrogen-bond donors (Lipinski definition) is 4. The van der Waals surface area contributed by atoms with Gasteiger partial charge in [0.15, 0.2) is 11.5 Å². The molecule has 4 nitrogen and oxygen atoms in total. The second kappa shape index (κ2) is 3.42. The summed E-state index contributed by atoms with van der Waals surface area (Å²) in [5, 5.41) is 27.6. The second-order valence-electron chi connectivity index (χ2n) is 2.20. The van der Waals surface area contributed by atoms with Crippen LogP contribution >= 0.6 is 0 Å². The average molecular weight is 172 g/mol. The van der Waals surface area contributed by atoms with Crippen molar-refractivity contribution in [2.75, 3.05) is 6.50 Å². The molecule has 0 amide bonds. The van der Waals surface area contributed by atoms with E-state index in [0.717, 1.165) is 18.2 Å². The van der Waals surface area contributed by atoms with E-state index in [1.54, 1.807) is 0 Å². The van der Waals surface area contributed by atoms with Gasteiger partial charge in [0.1, 0.15) is 0 Å². The lowest BCUT2D eigenvalue weighted by Gasteiger charge is -2.08. The first-order chi connectivity index (χ1) is 6.66. The minimum atomic E-state index is -2.70. The van der Waals surface area contributed by atoms with Crippen molar-refractivity contribution < 1.29 is 19.4 Å². The van der Waals surface area contributed by atoms with E-state index in [2.05, 4.69) is 0 Å². The molecule has 0 radical (unpaired) electrons.